The summed E-state index contributed by atoms with van der Waals surface area (Å²) in [6, 6.07) is 9.85. The van der Waals surface area contributed by atoms with Gasteiger partial charge in [0.25, 0.3) is 0 Å². The molecule has 1 aliphatic carbocycles. The van der Waals surface area contributed by atoms with Crippen LogP contribution in [0.3, 0.4) is 0 Å². The second kappa shape index (κ2) is 7.86. The highest BCUT2D eigenvalue weighted by Gasteiger charge is 2.20. The van der Waals surface area contributed by atoms with E-state index in [0.717, 1.165) is 30.1 Å². The van der Waals surface area contributed by atoms with Crippen LogP contribution in [0.15, 0.2) is 36.5 Å². The normalized spacial score (nSPS) is 14.5. The number of hydrogen-bond donors (Lipinski definition) is 2. The zero-order chi connectivity index (χ0) is 16.8. The van der Waals surface area contributed by atoms with Gasteiger partial charge in [-0.05, 0) is 44.0 Å². The van der Waals surface area contributed by atoms with Crippen LogP contribution in [-0.2, 0) is 4.79 Å². The fourth-order valence-electron chi connectivity index (χ4n) is 3.06. The monoisotopic (exact) mass is 328 g/mol. The summed E-state index contributed by atoms with van der Waals surface area (Å²) in [4.78, 5) is 12.2. The van der Waals surface area contributed by atoms with Gasteiger partial charge in [-0.2, -0.15) is 5.10 Å². The van der Waals surface area contributed by atoms with Crippen LogP contribution in [-0.4, -0.2) is 28.8 Å². The first-order chi connectivity index (χ1) is 11.8. The molecular formula is C18H24N4O2. The van der Waals surface area contributed by atoms with E-state index in [1.54, 1.807) is 6.20 Å². The summed E-state index contributed by atoms with van der Waals surface area (Å²) in [5.41, 5.74) is 0.887. The Balaban J connectivity index is 1.51. The summed E-state index contributed by atoms with van der Waals surface area (Å²) in [7, 11) is 0. The molecule has 0 spiro atoms. The Kier molecular flexibility index (Phi) is 5.36. The van der Waals surface area contributed by atoms with Gasteiger partial charge in [-0.3, -0.25) is 4.79 Å². The van der Waals surface area contributed by atoms with E-state index in [0.29, 0.717) is 12.6 Å². The zero-order valence-corrected chi connectivity index (χ0v) is 14.0. The number of carbonyl (C=O) groups excluding carboxylic acids is 1. The molecule has 2 aromatic rings. The number of benzene rings is 1. The van der Waals surface area contributed by atoms with E-state index >= 15 is 0 Å². The molecule has 0 radical (unpaired) electrons. The zero-order valence-electron chi connectivity index (χ0n) is 14.0. The number of anilines is 2. The van der Waals surface area contributed by atoms with E-state index in [2.05, 4.69) is 15.7 Å². The van der Waals surface area contributed by atoms with Gasteiger partial charge in [0.2, 0.25) is 5.91 Å². The van der Waals surface area contributed by atoms with Gasteiger partial charge in [0.1, 0.15) is 11.6 Å². The fourth-order valence-corrected chi connectivity index (χ4v) is 3.06. The van der Waals surface area contributed by atoms with E-state index in [1.165, 1.54) is 12.8 Å². The van der Waals surface area contributed by atoms with E-state index in [-0.39, 0.29) is 12.5 Å². The Morgan fingerprint density at radius 3 is 2.71 bits per heavy atom. The second-order valence-electron chi connectivity index (χ2n) is 5.96. The molecule has 6 nitrogen and oxygen atoms in total. The molecule has 6 heteroatoms. The Bertz CT molecular complexity index is 660. The van der Waals surface area contributed by atoms with Crippen molar-refractivity contribution in [1.29, 1.82) is 0 Å². The van der Waals surface area contributed by atoms with Crippen LogP contribution in [0.5, 0.6) is 5.75 Å². The predicted molar refractivity (Wildman–Crippen MR) is 94.5 cm³/mol. The van der Waals surface area contributed by atoms with Gasteiger partial charge in [-0.15, -0.1) is 0 Å². The molecule has 1 fully saturated rings. The molecule has 1 aromatic heterocycles. The molecule has 3 rings (SSSR count). The van der Waals surface area contributed by atoms with Gasteiger partial charge in [0.15, 0.2) is 0 Å². The molecule has 0 aliphatic heterocycles. The van der Waals surface area contributed by atoms with Gasteiger partial charge >= 0.3 is 0 Å². The summed E-state index contributed by atoms with van der Waals surface area (Å²) in [5.74, 6) is 1.52. The minimum absolute atomic E-state index is 0.0800. The van der Waals surface area contributed by atoms with Crippen LogP contribution >= 0.6 is 0 Å². The van der Waals surface area contributed by atoms with Crippen molar-refractivity contribution in [3.8, 4) is 5.75 Å². The lowest BCUT2D eigenvalue weighted by Crippen LogP contribution is -2.24. The molecular weight excluding hydrogens is 304 g/mol. The van der Waals surface area contributed by atoms with Crippen LogP contribution in [0.25, 0.3) is 0 Å². The highest BCUT2D eigenvalue weighted by molar-refractivity contribution is 5.93. The minimum Gasteiger partial charge on any atom is -0.494 e. The molecule has 24 heavy (non-hydrogen) atoms. The molecule has 0 bridgehead atoms. The van der Waals surface area contributed by atoms with Gasteiger partial charge in [-0.1, -0.05) is 12.8 Å². The molecule has 0 atom stereocenters. The number of ether oxygens (including phenoxy) is 1. The lowest BCUT2D eigenvalue weighted by molar-refractivity contribution is -0.114. The molecule has 1 saturated carbocycles. The summed E-state index contributed by atoms with van der Waals surface area (Å²) in [5, 5.41) is 10.4. The number of hydrogen-bond acceptors (Lipinski definition) is 4. The molecule has 2 N–H and O–H groups in total. The fraction of sp³-hybridized carbons (Fsp3) is 0.444. The van der Waals surface area contributed by atoms with E-state index < -0.39 is 0 Å². The van der Waals surface area contributed by atoms with E-state index in [4.69, 9.17) is 4.74 Å². The van der Waals surface area contributed by atoms with Crippen molar-refractivity contribution in [3.63, 3.8) is 0 Å². The van der Waals surface area contributed by atoms with Gasteiger partial charge < -0.3 is 15.4 Å². The van der Waals surface area contributed by atoms with Crippen molar-refractivity contribution in [2.75, 3.05) is 23.8 Å². The quantitative estimate of drug-likeness (QED) is 0.817. The van der Waals surface area contributed by atoms with Crippen molar-refractivity contribution >= 4 is 17.4 Å². The van der Waals surface area contributed by atoms with Crippen LogP contribution in [0, 0.1) is 0 Å². The average Bonchev–Trinajstić information content (AvgIpc) is 3.25. The lowest BCUT2D eigenvalue weighted by atomic mass is 10.2. The largest absolute Gasteiger partial charge is 0.494 e. The molecule has 0 unspecified atom stereocenters. The maximum Gasteiger partial charge on any atom is 0.244 e. The number of amides is 1. The van der Waals surface area contributed by atoms with Crippen LogP contribution in [0.2, 0.25) is 0 Å². The van der Waals surface area contributed by atoms with Crippen molar-refractivity contribution in [2.24, 2.45) is 0 Å². The number of aromatic nitrogens is 2. The third kappa shape index (κ3) is 4.07. The Labute approximate surface area is 142 Å². The topological polar surface area (TPSA) is 68.2 Å². The predicted octanol–water partition coefficient (Wildman–Crippen LogP) is 3.45. The van der Waals surface area contributed by atoms with Crippen LogP contribution in [0.1, 0.15) is 38.6 Å². The SMILES string of the molecule is CCOc1ccc(NCC(=O)Nc2ccnn2C2CCCC2)cc1. The smallest absolute Gasteiger partial charge is 0.244 e. The first-order valence-corrected chi connectivity index (χ1v) is 8.56. The average molecular weight is 328 g/mol. The Morgan fingerprint density at radius 1 is 1.25 bits per heavy atom. The Hall–Kier alpha value is -2.50. The van der Waals surface area contributed by atoms with Crippen molar-refractivity contribution in [2.45, 2.75) is 38.6 Å². The van der Waals surface area contributed by atoms with Crippen molar-refractivity contribution < 1.29 is 9.53 Å². The number of carbonyl (C=O) groups is 1. The van der Waals surface area contributed by atoms with Crippen molar-refractivity contribution in [1.82, 2.24) is 9.78 Å². The number of nitrogens with one attached hydrogen (secondary N) is 2. The third-order valence-electron chi connectivity index (χ3n) is 4.23. The third-order valence-corrected chi connectivity index (χ3v) is 4.23. The van der Waals surface area contributed by atoms with E-state index in [9.17, 15) is 4.79 Å². The van der Waals surface area contributed by atoms with Crippen molar-refractivity contribution in [3.05, 3.63) is 36.5 Å². The summed E-state index contributed by atoms with van der Waals surface area (Å²) in [6.07, 6.45) is 6.48. The first-order valence-electron chi connectivity index (χ1n) is 8.56. The molecule has 1 aromatic carbocycles. The lowest BCUT2D eigenvalue weighted by Gasteiger charge is -2.15. The van der Waals surface area contributed by atoms with E-state index in [1.807, 2.05) is 41.9 Å². The Morgan fingerprint density at radius 2 is 2.00 bits per heavy atom. The molecule has 0 saturated heterocycles. The maximum absolute atomic E-state index is 12.2. The maximum atomic E-state index is 12.2. The van der Waals surface area contributed by atoms with Gasteiger partial charge in [0.05, 0.1) is 25.4 Å². The first kappa shape index (κ1) is 16.4. The highest BCUT2D eigenvalue weighted by Crippen LogP contribution is 2.31. The molecule has 128 valence electrons. The van der Waals surface area contributed by atoms with Crippen LogP contribution < -0.4 is 15.4 Å². The minimum atomic E-state index is -0.0800. The standard InChI is InChI=1S/C18H24N4O2/c1-2-24-16-9-7-14(8-10-16)19-13-18(23)21-17-11-12-20-22(17)15-5-3-4-6-15/h7-12,15,19H,2-6,13H2,1H3,(H,21,23). The molecule has 1 amide bonds. The second-order valence-corrected chi connectivity index (χ2v) is 5.96. The molecule has 1 aliphatic rings. The summed E-state index contributed by atoms with van der Waals surface area (Å²) in [6.45, 7) is 2.81. The van der Waals surface area contributed by atoms with Gasteiger partial charge in [0, 0.05) is 11.8 Å². The highest BCUT2D eigenvalue weighted by atomic mass is 16.5. The summed E-state index contributed by atoms with van der Waals surface area (Å²) < 4.78 is 7.35. The molecule has 1 heterocycles. The summed E-state index contributed by atoms with van der Waals surface area (Å²) >= 11 is 0. The van der Waals surface area contributed by atoms with Crippen LogP contribution in [0.4, 0.5) is 11.5 Å². The number of rotatable bonds is 7. The van der Waals surface area contributed by atoms with Gasteiger partial charge in [-0.25, -0.2) is 4.68 Å². The number of nitrogens with zero attached hydrogens (tertiary/aromatic N) is 2.